The quantitative estimate of drug-likeness (QED) is 0.201. The van der Waals surface area contributed by atoms with E-state index in [-0.39, 0.29) is 16.5 Å². The highest BCUT2D eigenvalue weighted by Gasteiger charge is 2.16. The first-order valence-corrected chi connectivity index (χ1v) is 12.0. The van der Waals surface area contributed by atoms with E-state index in [0.29, 0.717) is 18.8 Å². The van der Waals surface area contributed by atoms with Gasteiger partial charge in [-0.25, -0.2) is 0 Å². The van der Waals surface area contributed by atoms with Crippen LogP contribution in [-0.2, 0) is 17.8 Å². The van der Waals surface area contributed by atoms with Crippen LogP contribution in [0.5, 0.6) is 0 Å². The number of piperidine rings is 1. The number of nitro benzene ring substituents is 1. The van der Waals surface area contributed by atoms with E-state index in [4.69, 9.17) is 9.15 Å². The van der Waals surface area contributed by atoms with Crippen molar-refractivity contribution >= 4 is 5.69 Å². The average molecular weight is 462 g/mol. The number of hydrogen-bond acceptors (Lipinski definition) is 5. The van der Waals surface area contributed by atoms with Gasteiger partial charge < -0.3 is 14.1 Å². The van der Waals surface area contributed by atoms with Crippen LogP contribution in [0.25, 0.3) is 11.1 Å². The lowest BCUT2D eigenvalue weighted by Gasteiger charge is -2.26. The van der Waals surface area contributed by atoms with Crippen molar-refractivity contribution in [2.75, 3.05) is 26.2 Å². The molecule has 1 atom stereocenters. The largest absolute Gasteiger partial charge is 0.469 e. The third-order valence-corrected chi connectivity index (χ3v) is 6.62. The topological polar surface area (TPSA) is 68.8 Å². The zero-order valence-corrected chi connectivity index (χ0v) is 19.9. The highest BCUT2D eigenvalue weighted by molar-refractivity contribution is 5.68. The van der Waals surface area contributed by atoms with Crippen LogP contribution in [0.2, 0.25) is 0 Å². The van der Waals surface area contributed by atoms with Crippen LogP contribution in [0.3, 0.4) is 0 Å². The summed E-state index contributed by atoms with van der Waals surface area (Å²) in [6.07, 6.45) is 6.27. The van der Waals surface area contributed by atoms with Crippen LogP contribution in [0.1, 0.15) is 47.6 Å². The summed E-state index contributed by atoms with van der Waals surface area (Å²) in [6.45, 7) is 10.5. The van der Waals surface area contributed by atoms with E-state index in [1.54, 1.807) is 25.3 Å². The number of rotatable bonds is 10. The monoisotopic (exact) mass is 461 g/mol. The summed E-state index contributed by atoms with van der Waals surface area (Å²) >= 11 is 0. The number of ether oxygens (including phenoxy) is 1. The fourth-order valence-electron chi connectivity index (χ4n) is 4.57. The molecule has 4 rings (SSSR count). The van der Waals surface area contributed by atoms with Crippen molar-refractivity contribution in [3.05, 3.63) is 94.3 Å². The lowest BCUT2D eigenvalue weighted by molar-refractivity contribution is -0.385. The van der Waals surface area contributed by atoms with Crippen LogP contribution in [-0.4, -0.2) is 36.1 Å². The van der Waals surface area contributed by atoms with Crippen LogP contribution < -0.4 is 0 Å². The van der Waals surface area contributed by atoms with Crippen molar-refractivity contribution in [3.8, 4) is 11.1 Å². The summed E-state index contributed by atoms with van der Waals surface area (Å²) in [5.74, 6) is 0.851. The van der Waals surface area contributed by atoms with Gasteiger partial charge in [0.2, 0.25) is 0 Å². The Labute approximate surface area is 201 Å². The van der Waals surface area contributed by atoms with E-state index in [0.717, 1.165) is 54.1 Å². The Kier molecular flexibility index (Phi) is 8.14. The van der Waals surface area contributed by atoms with Gasteiger partial charge in [0.1, 0.15) is 5.76 Å². The third kappa shape index (κ3) is 6.13. The number of hydrogen-bond donors (Lipinski definition) is 0. The van der Waals surface area contributed by atoms with Crippen LogP contribution in [0, 0.1) is 24.0 Å². The Bertz CT molecular complexity index is 1090. The van der Waals surface area contributed by atoms with Crippen molar-refractivity contribution in [2.45, 2.75) is 45.1 Å². The summed E-state index contributed by atoms with van der Waals surface area (Å²) in [6, 6.07) is 15.4. The van der Waals surface area contributed by atoms with Crippen molar-refractivity contribution < 1.29 is 14.1 Å². The summed E-state index contributed by atoms with van der Waals surface area (Å²) in [5.41, 5.74) is 4.80. The molecule has 6 nitrogen and oxygen atoms in total. The Balaban J connectivity index is 1.53. The predicted molar refractivity (Wildman–Crippen MR) is 134 cm³/mol. The molecular formula is C28H33N2O4. The van der Waals surface area contributed by atoms with E-state index in [1.165, 1.54) is 19.3 Å². The van der Waals surface area contributed by atoms with E-state index < -0.39 is 0 Å². The molecule has 3 aromatic rings. The maximum absolute atomic E-state index is 11.4. The molecule has 1 aliphatic heterocycles. The first-order chi connectivity index (χ1) is 16.5. The molecule has 0 N–H and O–H groups in total. The van der Waals surface area contributed by atoms with E-state index in [2.05, 4.69) is 24.0 Å². The van der Waals surface area contributed by atoms with Gasteiger partial charge in [0, 0.05) is 24.1 Å². The molecule has 1 aliphatic rings. The van der Waals surface area contributed by atoms with Crippen LogP contribution in [0.4, 0.5) is 5.69 Å². The van der Waals surface area contributed by atoms with Crippen molar-refractivity contribution in [1.82, 2.24) is 4.90 Å². The second kappa shape index (κ2) is 11.4. The first-order valence-electron chi connectivity index (χ1n) is 12.0. The average Bonchev–Trinajstić information content (AvgIpc) is 3.39. The smallest absolute Gasteiger partial charge is 0.272 e. The van der Waals surface area contributed by atoms with Crippen molar-refractivity contribution in [1.29, 1.82) is 0 Å². The zero-order chi connectivity index (χ0) is 23.9. The highest BCUT2D eigenvalue weighted by atomic mass is 16.6. The molecular weight excluding hydrogens is 428 g/mol. The number of benzene rings is 2. The Morgan fingerprint density at radius 3 is 2.59 bits per heavy atom. The molecule has 179 valence electrons. The lowest BCUT2D eigenvalue weighted by Crippen LogP contribution is -2.32. The molecule has 0 aliphatic carbocycles. The molecule has 1 aromatic heterocycles. The number of aryl methyl sites for hydroxylation is 1. The summed E-state index contributed by atoms with van der Waals surface area (Å²) in [7, 11) is 0. The number of likely N-dealkylation sites (tertiary alicyclic amines) is 1. The zero-order valence-electron chi connectivity index (χ0n) is 19.9. The Hall–Kier alpha value is -2.96. The fraction of sp³-hybridized carbons (Fsp3) is 0.393. The second-order valence-corrected chi connectivity index (χ2v) is 9.11. The molecule has 1 fully saturated rings. The van der Waals surface area contributed by atoms with E-state index >= 15 is 0 Å². The van der Waals surface area contributed by atoms with Crippen LogP contribution in [0.15, 0.2) is 59.2 Å². The van der Waals surface area contributed by atoms with E-state index in [9.17, 15) is 10.1 Å². The molecule has 1 radical (unpaired) electrons. The number of furan rings is 1. The molecule has 0 bridgehead atoms. The highest BCUT2D eigenvalue weighted by Crippen LogP contribution is 2.30. The lowest BCUT2D eigenvalue weighted by atomic mass is 9.92. The van der Waals surface area contributed by atoms with Gasteiger partial charge in [-0.05, 0) is 86.7 Å². The van der Waals surface area contributed by atoms with Crippen molar-refractivity contribution in [3.63, 3.8) is 0 Å². The minimum Gasteiger partial charge on any atom is -0.469 e. The first kappa shape index (κ1) is 24.2. The molecule has 2 aromatic carbocycles. The van der Waals surface area contributed by atoms with Gasteiger partial charge in [-0.2, -0.15) is 0 Å². The number of nitrogens with zero attached hydrogens (tertiary/aromatic N) is 2. The van der Waals surface area contributed by atoms with Crippen molar-refractivity contribution in [2.24, 2.45) is 0 Å². The number of nitro groups is 1. The Morgan fingerprint density at radius 2 is 1.85 bits per heavy atom. The van der Waals surface area contributed by atoms with Crippen LogP contribution >= 0.6 is 0 Å². The standard InChI is InChI=1S/C28H33N2O4/c1-21-8-9-25(19-27(21)30(31)32)24-11-10-23(17-22(2)28-7-6-15-34-28)26(18-24)20-33-16-14-29-12-4-3-5-13-29/h6-11,15,18-19,22H,2-5,12-14,16-17,20H2,1H3. The predicted octanol–water partition coefficient (Wildman–Crippen LogP) is 6.33. The summed E-state index contributed by atoms with van der Waals surface area (Å²) < 4.78 is 11.7. The van der Waals surface area contributed by atoms with Gasteiger partial charge in [0.15, 0.2) is 0 Å². The summed E-state index contributed by atoms with van der Waals surface area (Å²) in [4.78, 5) is 13.6. The van der Waals surface area contributed by atoms with Gasteiger partial charge in [-0.3, -0.25) is 10.1 Å². The van der Waals surface area contributed by atoms with Gasteiger partial charge >= 0.3 is 0 Å². The third-order valence-electron chi connectivity index (χ3n) is 6.62. The van der Waals surface area contributed by atoms with Gasteiger partial charge in [-0.1, -0.05) is 30.7 Å². The Morgan fingerprint density at radius 1 is 1.09 bits per heavy atom. The molecule has 1 unspecified atom stereocenters. The maximum atomic E-state index is 11.4. The minimum atomic E-state index is -0.325. The molecule has 0 spiro atoms. The molecule has 0 saturated carbocycles. The van der Waals surface area contributed by atoms with Gasteiger partial charge in [0.25, 0.3) is 5.69 Å². The fourth-order valence-corrected chi connectivity index (χ4v) is 4.57. The second-order valence-electron chi connectivity index (χ2n) is 9.11. The van der Waals surface area contributed by atoms with Gasteiger partial charge in [0.05, 0.1) is 24.4 Å². The maximum Gasteiger partial charge on any atom is 0.272 e. The molecule has 1 saturated heterocycles. The molecule has 34 heavy (non-hydrogen) atoms. The molecule has 6 heteroatoms. The summed E-state index contributed by atoms with van der Waals surface area (Å²) in [5, 5.41) is 11.4. The molecule has 0 amide bonds. The van der Waals surface area contributed by atoms with Gasteiger partial charge in [-0.15, -0.1) is 0 Å². The molecule has 2 heterocycles. The SMILES string of the molecule is [CH2]C(Cc1ccc(-c2ccc(C)c([N+](=O)[O-])c2)cc1COCCN1CCCCC1)c1ccco1. The minimum absolute atomic E-state index is 0.00610. The van der Waals surface area contributed by atoms with E-state index in [1.807, 2.05) is 24.3 Å². The normalized spacial score (nSPS) is 15.4.